The van der Waals surface area contributed by atoms with Crippen molar-refractivity contribution in [1.82, 2.24) is 5.32 Å². The molecule has 0 radical (unpaired) electrons. The summed E-state index contributed by atoms with van der Waals surface area (Å²) in [5.41, 5.74) is 3.67. The van der Waals surface area contributed by atoms with Crippen molar-refractivity contribution in [2.24, 2.45) is 0 Å². The minimum absolute atomic E-state index is 0.133. The fourth-order valence-electron chi connectivity index (χ4n) is 0.283. The maximum Gasteiger partial charge on any atom is 0.143 e. The van der Waals surface area contributed by atoms with E-state index in [1.165, 1.54) is 0 Å². The number of nitrogens with one attached hydrogen (secondary N) is 1. The second-order valence-electron chi connectivity index (χ2n) is 1.62. The van der Waals surface area contributed by atoms with Gasteiger partial charge in [0.25, 0.3) is 0 Å². The molecule has 0 aromatic rings. The zero-order valence-corrected chi connectivity index (χ0v) is 7.10. The minimum Gasteiger partial charge on any atom is -0.393 e. The predicted octanol–water partition coefficient (Wildman–Crippen LogP) is -1.43. The molecule has 8 heavy (non-hydrogen) atoms. The van der Waals surface area contributed by atoms with Gasteiger partial charge < -0.3 is 10.8 Å². The van der Waals surface area contributed by atoms with Crippen molar-refractivity contribution in [2.75, 3.05) is 20.2 Å². The molecule has 4 heteroatoms. The van der Waals surface area contributed by atoms with Gasteiger partial charge in [-0.25, -0.2) is 0 Å². The first-order valence-corrected chi connectivity index (χ1v) is 3.54. The molecular formula is C4H12IN2O+. The minimum atomic E-state index is -0.211. The highest BCUT2D eigenvalue weighted by molar-refractivity contribution is 14.1. The van der Waals surface area contributed by atoms with Crippen LogP contribution in [0.3, 0.4) is 0 Å². The second-order valence-corrected chi connectivity index (χ2v) is 3.69. The van der Waals surface area contributed by atoms with E-state index in [1.54, 1.807) is 0 Å². The van der Waals surface area contributed by atoms with Crippen LogP contribution in [0.25, 0.3) is 0 Å². The van der Waals surface area contributed by atoms with Crippen LogP contribution in [0.1, 0.15) is 0 Å². The summed E-state index contributed by atoms with van der Waals surface area (Å²) in [6, 6.07) is 0. The number of aliphatic hydroxyl groups excluding tert-OH is 1. The molecule has 1 atom stereocenters. The quantitative estimate of drug-likeness (QED) is 0.317. The lowest BCUT2D eigenvalue weighted by molar-refractivity contribution is -0.375. The monoisotopic (exact) mass is 231 g/mol. The molecule has 0 aliphatic heterocycles. The molecule has 0 aromatic carbocycles. The molecule has 0 heterocycles. The molecule has 1 unspecified atom stereocenters. The van der Waals surface area contributed by atoms with Crippen molar-refractivity contribution in [3.8, 4) is 0 Å². The Morgan fingerprint density at radius 1 is 1.88 bits per heavy atom. The lowest BCUT2D eigenvalue weighted by atomic mass is 10.3. The zero-order valence-electron chi connectivity index (χ0n) is 4.95. The van der Waals surface area contributed by atoms with Crippen LogP contribution in [-0.2, 0) is 0 Å². The third kappa shape index (κ3) is 2.25. The number of hydrogen-bond donors (Lipinski definition) is 3. The molecule has 0 aliphatic rings. The Morgan fingerprint density at radius 3 is 2.38 bits per heavy atom. The number of rotatable bonds is 3. The van der Waals surface area contributed by atoms with Crippen LogP contribution in [0.4, 0.5) is 0 Å². The fraction of sp³-hybridized carbons (Fsp3) is 1.00. The van der Waals surface area contributed by atoms with Gasteiger partial charge in [-0.3, -0.25) is 5.32 Å². The Kier molecular flexibility index (Phi) is 3.87. The van der Waals surface area contributed by atoms with Crippen molar-refractivity contribution >= 4 is 22.6 Å². The van der Waals surface area contributed by atoms with Crippen molar-refractivity contribution in [2.45, 2.75) is 3.55 Å². The molecule has 0 aromatic heterocycles. The Bertz CT molecular complexity index is 56.8. The topological polar surface area (TPSA) is 59.9 Å². The first-order valence-electron chi connectivity index (χ1n) is 2.46. The smallest absolute Gasteiger partial charge is 0.143 e. The second kappa shape index (κ2) is 3.60. The average Bonchev–Trinajstić information content (AvgIpc) is 1.87. The SMILES string of the molecule is CNC(I)(C[NH3+])CO. The lowest BCUT2D eigenvalue weighted by Crippen LogP contribution is -2.64. The molecule has 0 amide bonds. The van der Waals surface area contributed by atoms with Gasteiger partial charge in [0.05, 0.1) is 6.61 Å². The molecule has 3 nitrogen and oxygen atoms in total. The third-order valence-corrected chi connectivity index (χ3v) is 2.51. The highest BCUT2D eigenvalue weighted by Crippen LogP contribution is 2.09. The Balaban J connectivity index is 3.58. The Morgan fingerprint density at radius 2 is 2.38 bits per heavy atom. The largest absolute Gasteiger partial charge is 0.393 e. The highest BCUT2D eigenvalue weighted by atomic mass is 127. The van der Waals surface area contributed by atoms with Crippen molar-refractivity contribution in [3.63, 3.8) is 0 Å². The summed E-state index contributed by atoms with van der Waals surface area (Å²) in [6.45, 7) is 0.828. The molecule has 0 fully saturated rings. The predicted molar refractivity (Wildman–Crippen MR) is 40.7 cm³/mol. The van der Waals surface area contributed by atoms with Gasteiger partial charge in [-0.1, -0.05) is 22.6 Å². The van der Waals surface area contributed by atoms with Gasteiger partial charge in [-0.15, -0.1) is 0 Å². The molecule has 0 spiro atoms. The van der Waals surface area contributed by atoms with Crippen molar-refractivity contribution in [3.05, 3.63) is 0 Å². The van der Waals surface area contributed by atoms with E-state index in [-0.39, 0.29) is 10.2 Å². The van der Waals surface area contributed by atoms with Crippen LogP contribution in [0.5, 0.6) is 0 Å². The van der Waals surface area contributed by atoms with E-state index in [0.29, 0.717) is 6.54 Å². The van der Waals surface area contributed by atoms with Crippen molar-refractivity contribution in [1.29, 1.82) is 0 Å². The maximum atomic E-state index is 8.68. The Labute approximate surface area is 62.8 Å². The van der Waals surface area contributed by atoms with Crippen molar-refractivity contribution < 1.29 is 10.8 Å². The fourth-order valence-corrected chi connectivity index (χ4v) is 0.283. The Hall–Kier alpha value is 0.610. The molecule has 0 bridgehead atoms. The highest BCUT2D eigenvalue weighted by Gasteiger charge is 2.22. The van der Waals surface area contributed by atoms with Gasteiger partial charge in [0.2, 0.25) is 0 Å². The van der Waals surface area contributed by atoms with E-state index in [1.807, 2.05) is 7.05 Å². The van der Waals surface area contributed by atoms with E-state index >= 15 is 0 Å². The molecular weight excluding hydrogens is 219 g/mol. The van der Waals surface area contributed by atoms with Crippen LogP contribution in [0.15, 0.2) is 0 Å². The van der Waals surface area contributed by atoms with Gasteiger partial charge in [-0.05, 0) is 7.05 Å². The van der Waals surface area contributed by atoms with Gasteiger partial charge in [0, 0.05) is 0 Å². The van der Waals surface area contributed by atoms with Gasteiger partial charge in [-0.2, -0.15) is 0 Å². The van der Waals surface area contributed by atoms with Gasteiger partial charge >= 0.3 is 0 Å². The molecule has 0 rings (SSSR count). The zero-order chi connectivity index (χ0) is 6.62. The molecule has 0 aliphatic carbocycles. The standard InChI is InChI=1S/C4H11IN2O/c1-7-4(5,2-6)3-8/h7-8H,2-3,6H2,1H3/p+1. The normalized spacial score (nSPS) is 18.0. The maximum absolute atomic E-state index is 8.68. The molecule has 50 valence electrons. The van der Waals surface area contributed by atoms with Gasteiger partial charge in [0.1, 0.15) is 10.1 Å². The van der Waals surface area contributed by atoms with E-state index in [9.17, 15) is 0 Å². The number of quaternary nitrogens is 1. The summed E-state index contributed by atoms with van der Waals surface area (Å²) in [5, 5.41) is 11.6. The number of likely N-dealkylation sites (N-methyl/N-ethyl adjacent to an activating group) is 1. The van der Waals surface area contributed by atoms with E-state index < -0.39 is 0 Å². The van der Waals surface area contributed by atoms with E-state index in [2.05, 4.69) is 33.6 Å². The summed E-state index contributed by atoms with van der Waals surface area (Å²) in [4.78, 5) is 0. The first-order chi connectivity index (χ1) is 3.68. The van der Waals surface area contributed by atoms with Crippen LogP contribution in [0, 0.1) is 0 Å². The number of halogens is 1. The number of hydrogen-bond acceptors (Lipinski definition) is 2. The summed E-state index contributed by atoms with van der Waals surface area (Å²) in [6.07, 6.45) is 0. The number of alkyl halides is 1. The molecule has 0 saturated carbocycles. The first kappa shape index (κ1) is 8.61. The lowest BCUT2D eigenvalue weighted by Gasteiger charge is -2.19. The molecule has 0 saturated heterocycles. The summed E-state index contributed by atoms with van der Waals surface area (Å²) < 4.78 is -0.211. The van der Waals surface area contributed by atoms with Crippen LogP contribution < -0.4 is 11.1 Å². The van der Waals surface area contributed by atoms with E-state index in [0.717, 1.165) is 0 Å². The van der Waals surface area contributed by atoms with Crippen LogP contribution in [-0.4, -0.2) is 28.9 Å². The van der Waals surface area contributed by atoms with Crippen LogP contribution in [0.2, 0.25) is 0 Å². The number of aliphatic hydroxyl groups is 1. The summed E-state index contributed by atoms with van der Waals surface area (Å²) >= 11 is 2.14. The van der Waals surface area contributed by atoms with Crippen LogP contribution >= 0.6 is 22.6 Å². The average molecular weight is 231 g/mol. The summed E-state index contributed by atoms with van der Waals surface area (Å²) in [7, 11) is 1.81. The summed E-state index contributed by atoms with van der Waals surface area (Å²) in [5.74, 6) is 0. The van der Waals surface area contributed by atoms with Gasteiger partial charge in [0.15, 0.2) is 0 Å². The third-order valence-electron chi connectivity index (χ3n) is 1.09. The van der Waals surface area contributed by atoms with E-state index in [4.69, 9.17) is 5.11 Å². The molecule has 5 N–H and O–H groups in total.